The van der Waals surface area contributed by atoms with Crippen molar-refractivity contribution in [2.24, 2.45) is 4.99 Å². The molecule has 1 heterocycles. The summed E-state index contributed by atoms with van der Waals surface area (Å²) in [6.07, 6.45) is 2.69. The second-order valence-corrected chi connectivity index (χ2v) is 5.83. The van der Waals surface area contributed by atoms with Gasteiger partial charge in [0.2, 0.25) is 0 Å². The molecule has 0 amide bonds. The minimum Gasteiger partial charge on any atom is -0.496 e. The fourth-order valence-corrected chi connectivity index (χ4v) is 2.45. The smallest absolute Gasteiger partial charge is 0.191 e. The number of pyridine rings is 1. The van der Waals surface area contributed by atoms with Gasteiger partial charge in [-0.25, -0.2) is 4.98 Å². The number of nitrogens with zero attached hydrogens (tertiary/aromatic N) is 3. The molecule has 2 aromatic rings. The van der Waals surface area contributed by atoms with Crippen LogP contribution >= 0.6 is 0 Å². The lowest BCUT2D eigenvalue weighted by Gasteiger charge is -2.15. The van der Waals surface area contributed by atoms with Gasteiger partial charge < -0.3 is 20.3 Å². The largest absolute Gasteiger partial charge is 0.496 e. The summed E-state index contributed by atoms with van der Waals surface area (Å²) in [6.45, 7) is 1.47. The molecule has 0 unspecified atom stereocenters. The van der Waals surface area contributed by atoms with Crippen LogP contribution in [-0.4, -0.2) is 45.7 Å². The highest BCUT2D eigenvalue weighted by Crippen LogP contribution is 2.17. The van der Waals surface area contributed by atoms with E-state index in [1.165, 1.54) is 5.56 Å². The first-order valence-electron chi connectivity index (χ1n) is 8.32. The summed E-state index contributed by atoms with van der Waals surface area (Å²) >= 11 is 0. The minimum atomic E-state index is 0.692. The molecule has 6 heteroatoms. The predicted octanol–water partition coefficient (Wildman–Crippen LogP) is 2.06. The summed E-state index contributed by atoms with van der Waals surface area (Å²) in [5.74, 6) is 2.64. The zero-order valence-electron chi connectivity index (χ0n) is 15.4. The fraction of sp³-hybridized carbons (Fsp3) is 0.368. The number of anilines is 1. The van der Waals surface area contributed by atoms with Gasteiger partial charge in [0.1, 0.15) is 11.6 Å². The van der Waals surface area contributed by atoms with Gasteiger partial charge in [-0.05, 0) is 35.7 Å². The summed E-state index contributed by atoms with van der Waals surface area (Å²) < 4.78 is 5.38. The summed E-state index contributed by atoms with van der Waals surface area (Å²) in [5.41, 5.74) is 2.34. The van der Waals surface area contributed by atoms with Crippen molar-refractivity contribution in [1.29, 1.82) is 0 Å². The van der Waals surface area contributed by atoms with Gasteiger partial charge >= 0.3 is 0 Å². The number of rotatable bonds is 7. The lowest BCUT2D eigenvalue weighted by molar-refractivity contribution is 0.409. The van der Waals surface area contributed by atoms with Crippen LogP contribution in [0.4, 0.5) is 5.82 Å². The average molecular weight is 341 g/mol. The van der Waals surface area contributed by atoms with E-state index in [4.69, 9.17) is 4.74 Å². The van der Waals surface area contributed by atoms with Crippen LogP contribution in [0.1, 0.15) is 11.1 Å². The number of hydrogen-bond donors (Lipinski definition) is 2. The molecule has 0 saturated carbocycles. The van der Waals surface area contributed by atoms with Gasteiger partial charge in [0.15, 0.2) is 5.96 Å². The molecular formula is C19H27N5O. The van der Waals surface area contributed by atoms with Gasteiger partial charge in [0.05, 0.1) is 7.11 Å². The molecule has 0 aliphatic heterocycles. The number of guanidine groups is 1. The third kappa shape index (κ3) is 5.67. The van der Waals surface area contributed by atoms with Crippen molar-refractivity contribution >= 4 is 11.8 Å². The van der Waals surface area contributed by atoms with E-state index in [0.29, 0.717) is 6.54 Å². The van der Waals surface area contributed by atoms with E-state index >= 15 is 0 Å². The molecule has 0 saturated heterocycles. The van der Waals surface area contributed by atoms with E-state index in [0.717, 1.165) is 36.1 Å². The van der Waals surface area contributed by atoms with Crippen LogP contribution in [0.25, 0.3) is 0 Å². The maximum atomic E-state index is 5.38. The zero-order chi connectivity index (χ0) is 18.1. The molecular weight excluding hydrogens is 314 g/mol. The van der Waals surface area contributed by atoms with Crippen molar-refractivity contribution in [2.45, 2.75) is 13.0 Å². The van der Waals surface area contributed by atoms with Crippen molar-refractivity contribution in [3.63, 3.8) is 0 Å². The Morgan fingerprint density at radius 1 is 1.20 bits per heavy atom. The van der Waals surface area contributed by atoms with Crippen molar-refractivity contribution in [3.8, 4) is 5.75 Å². The van der Waals surface area contributed by atoms with E-state index in [-0.39, 0.29) is 0 Å². The van der Waals surface area contributed by atoms with Crippen LogP contribution in [0.3, 0.4) is 0 Å². The average Bonchev–Trinajstić information content (AvgIpc) is 2.65. The number of nitrogens with one attached hydrogen (secondary N) is 2. The first-order valence-corrected chi connectivity index (χ1v) is 8.32. The van der Waals surface area contributed by atoms with Crippen LogP contribution in [0.2, 0.25) is 0 Å². The van der Waals surface area contributed by atoms with E-state index < -0.39 is 0 Å². The number of methoxy groups -OCH3 is 1. The Morgan fingerprint density at radius 3 is 2.72 bits per heavy atom. The number of aromatic nitrogens is 1. The summed E-state index contributed by atoms with van der Waals surface area (Å²) in [4.78, 5) is 10.6. The quantitative estimate of drug-likeness (QED) is 0.596. The van der Waals surface area contributed by atoms with Crippen molar-refractivity contribution in [2.75, 3.05) is 39.7 Å². The lowest BCUT2D eigenvalue weighted by atomic mass is 10.1. The number of para-hydroxylation sites is 1. The number of benzene rings is 1. The second kappa shape index (κ2) is 9.52. The molecule has 1 aromatic carbocycles. The van der Waals surface area contributed by atoms with Gasteiger partial charge in [-0.1, -0.05) is 18.2 Å². The first-order chi connectivity index (χ1) is 12.1. The molecule has 134 valence electrons. The molecule has 0 radical (unpaired) electrons. The normalized spacial score (nSPS) is 11.1. The third-order valence-corrected chi connectivity index (χ3v) is 3.83. The molecule has 6 nitrogen and oxygen atoms in total. The van der Waals surface area contributed by atoms with Gasteiger partial charge in [0.25, 0.3) is 0 Å². The van der Waals surface area contributed by atoms with Gasteiger partial charge in [-0.2, -0.15) is 0 Å². The molecule has 25 heavy (non-hydrogen) atoms. The second-order valence-electron chi connectivity index (χ2n) is 5.83. The summed E-state index contributed by atoms with van der Waals surface area (Å²) in [6, 6.07) is 12.1. The van der Waals surface area contributed by atoms with Crippen LogP contribution < -0.4 is 20.3 Å². The maximum absolute atomic E-state index is 5.38. The lowest BCUT2D eigenvalue weighted by Crippen LogP contribution is -2.37. The Morgan fingerprint density at radius 2 is 2.00 bits per heavy atom. The van der Waals surface area contributed by atoms with Crippen LogP contribution in [0.5, 0.6) is 5.75 Å². The summed E-state index contributed by atoms with van der Waals surface area (Å²) in [5, 5.41) is 6.66. The van der Waals surface area contributed by atoms with Crippen molar-refractivity contribution < 1.29 is 4.74 Å². The SMILES string of the molecule is CN=C(NCCc1ccccc1OC)NCc1ccnc(N(C)C)c1. The van der Waals surface area contributed by atoms with Gasteiger partial charge in [-0.15, -0.1) is 0 Å². The Bertz CT molecular complexity index is 700. The Hall–Kier alpha value is -2.76. The van der Waals surface area contributed by atoms with E-state index in [1.54, 1.807) is 14.2 Å². The Kier molecular flexibility index (Phi) is 7.07. The molecule has 0 fully saturated rings. The van der Waals surface area contributed by atoms with Crippen molar-refractivity contribution in [1.82, 2.24) is 15.6 Å². The van der Waals surface area contributed by atoms with E-state index in [1.807, 2.05) is 49.5 Å². The maximum Gasteiger partial charge on any atom is 0.191 e. The monoisotopic (exact) mass is 341 g/mol. The van der Waals surface area contributed by atoms with Crippen LogP contribution in [0, 0.1) is 0 Å². The van der Waals surface area contributed by atoms with Gasteiger partial charge in [0, 0.05) is 40.4 Å². The van der Waals surface area contributed by atoms with Crippen LogP contribution in [-0.2, 0) is 13.0 Å². The predicted molar refractivity (Wildman–Crippen MR) is 103 cm³/mol. The molecule has 2 N–H and O–H groups in total. The van der Waals surface area contributed by atoms with E-state index in [2.05, 4.69) is 32.7 Å². The van der Waals surface area contributed by atoms with Gasteiger partial charge in [-0.3, -0.25) is 4.99 Å². The number of aliphatic imine (C=N–C) groups is 1. The Labute approximate surface area is 149 Å². The summed E-state index contributed by atoms with van der Waals surface area (Å²) in [7, 11) is 7.44. The molecule has 0 atom stereocenters. The molecule has 0 spiro atoms. The minimum absolute atomic E-state index is 0.692. The highest BCUT2D eigenvalue weighted by Gasteiger charge is 2.04. The van der Waals surface area contributed by atoms with E-state index in [9.17, 15) is 0 Å². The van der Waals surface area contributed by atoms with Crippen LogP contribution in [0.15, 0.2) is 47.6 Å². The zero-order valence-corrected chi connectivity index (χ0v) is 15.4. The number of ether oxygens (including phenoxy) is 1. The molecule has 0 aliphatic rings. The highest BCUT2D eigenvalue weighted by molar-refractivity contribution is 5.79. The number of hydrogen-bond acceptors (Lipinski definition) is 4. The first kappa shape index (κ1) is 18.6. The Balaban J connectivity index is 1.84. The fourth-order valence-electron chi connectivity index (χ4n) is 2.45. The molecule has 0 bridgehead atoms. The van der Waals surface area contributed by atoms with Crippen molar-refractivity contribution in [3.05, 3.63) is 53.7 Å². The molecule has 2 rings (SSSR count). The standard InChI is InChI=1S/C19H27N5O/c1-20-19(22-12-10-16-7-5-6-8-17(16)25-4)23-14-15-9-11-21-18(13-15)24(2)3/h5-9,11,13H,10,12,14H2,1-4H3,(H2,20,22,23). The molecule has 0 aliphatic carbocycles. The molecule has 1 aromatic heterocycles. The third-order valence-electron chi connectivity index (χ3n) is 3.83. The topological polar surface area (TPSA) is 61.8 Å². The highest BCUT2D eigenvalue weighted by atomic mass is 16.5.